The van der Waals surface area contributed by atoms with Gasteiger partial charge in [-0.3, -0.25) is 4.99 Å². The van der Waals surface area contributed by atoms with E-state index in [1.807, 2.05) is 11.8 Å². The van der Waals surface area contributed by atoms with Crippen molar-refractivity contribution in [2.75, 3.05) is 11.1 Å². The maximum Gasteiger partial charge on any atom is 0.161 e. The lowest BCUT2D eigenvalue weighted by Gasteiger charge is -2.32. The number of anilines is 1. The molecule has 19 heavy (non-hydrogen) atoms. The Bertz CT molecular complexity index is 470. The van der Waals surface area contributed by atoms with Crippen LogP contribution in [-0.4, -0.2) is 17.0 Å². The number of fused-ring (bicyclic) bond motifs is 1. The van der Waals surface area contributed by atoms with E-state index in [2.05, 4.69) is 36.5 Å². The highest BCUT2D eigenvalue weighted by Crippen LogP contribution is 2.34. The summed E-state index contributed by atoms with van der Waals surface area (Å²) in [5, 5.41) is 4.62. The van der Waals surface area contributed by atoms with E-state index in [9.17, 15) is 0 Å². The van der Waals surface area contributed by atoms with Gasteiger partial charge in [0.1, 0.15) is 0 Å². The van der Waals surface area contributed by atoms with E-state index in [-0.39, 0.29) is 0 Å². The maximum absolute atomic E-state index is 4.92. The second-order valence-corrected chi connectivity index (χ2v) is 6.54. The van der Waals surface area contributed by atoms with Crippen LogP contribution in [0.25, 0.3) is 0 Å². The first-order valence-electron chi connectivity index (χ1n) is 7.41. The van der Waals surface area contributed by atoms with Crippen molar-refractivity contribution in [3.63, 3.8) is 0 Å². The van der Waals surface area contributed by atoms with Crippen molar-refractivity contribution in [2.24, 2.45) is 10.9 Å². The summed E-state index contributed by atoms with van der Waals surface area (Å²) in [6.45, 7) is 2.19. The molecule has 0 bridgehead atoms. The molecule has 1 saturated carbocycles. The fraction of sp³-hybridized carbons (Fsp3) is 0.562. The van der Waals surface area contributed by atoms with Crippen LogP contribution in [0.3, 0.4) is 0 Å². The van der Waals surface area contributed by atoms with Crippen LogP contribution in [0.15, 0.2) is 29.3 Å². The molecule has 1 aromatic rings. The monoisotopic (exact) mass is 274 g/mol. The molecule has 2 unspecified atom stereocenters. The average Bonchev–Trinajstić information content (AvgIpc) is 2.47. The number of nitrogens with zero attached hydrogens (tertiary/aromatic N) is 1. The van der Waals surface area contributed by atoms with Gasteiger partial charge in [0.25, 0.3) is 0 Å². The van der Waals surface area contributed by atoms with Crippen LogP contribution in [0.2, 0.25) is 0 Å². The lowest BCUT2D eigenvalue weighted by Crippen LogP contribution is -2.31. The molecule has 0 spiro atoms. The average molecular weight is 274 g/mol. The summed E-state index contributed by atoms with van der Waals surface area (Å²) >= 11 is 1.90. The molecule has 0 aromatic heterocycles. The molecular formula is C16H22N2S. The van der Waals surface area contributed by atoms with Gasteiger partial charge in [0.05, 0.1) is 6.04 Å². The molecule has 0 saturated heterocycles. The number of nitrogens with one attached hydrogen (secondary N) is 1. The van der Waals surface area contributed by atoms with Crippen molar-refractivity contribution < 1.29 is 0 Å². The number of aliphatic imine (C=N–C) groups is 1. The smallest absolute Gasteiger partial charge is 0.161 e. The van der Waals surface area contributed by atoms with Crippen LogP contribution >= 0.6 is 11.8 Å². The Kier molecular flexibility index (Phi) is 4.12. The normalized spacial score (nSPS) is 26.5. The van der Waals surface area contributed by atoms with Crippen molar-refractivity contribution >= 4 is 22.6 Å². The van der Waals surface area contributed by atoms with E-state index in [0.717, 1.165) is 17.5 Å². The predicted octanol–water partition coefficient (Wildman–Crippen LogP) is 4.32. The molecule has 3 heteroatoms. The van der Waals surface area contributed by atoms with Crippen molar-refractivity contribution in [3.05, 3.63) is 29.8 Å². The summed E-state index contributed by atoms with van der Waals surface area (Å²) in [6.07, 6.45) is 6.50. The van der Waals surface area contributed by atoms with Crippen LogP contribution < -0.4 is 5.32 Å². The van der Waals surface area contributed by atoms with Crippen molar-refractivity contribution in [1.29, 1.82) is 0 Å². The van der Waals surface area contributed by atoms with E-state index in [4.69, 9.17) is 4.99 Å². The summed E-state index contributed by atoms with van der Waals surface area (Å²) in [7, 11) is 0. The quantitative estimate of drug-likeness (QED) is 0.868. The Morgan fingerprint density at radius 3 is 3.11 bits per heavy atom. The lowest BCUT2D eigenvalue weighted by molar-refractivity contribution is 0.336. The highest BCUT2D eigenvalue weighted by molar-refractivity contribution is 8.14. The highest BCUT2D eigenvalue weighted by Gasteiger charge is 2.28. The molecule has 2 aliphatic rings. The van der Waals surface area contributed by atoms with E-state index < -0.39 is 0 Å². The maximum atomic E-state index is 4.92. The molecule has 0 amide bonds. The summed E-state index contributed by atoms with van der Waals surface area (Å²) in [6, 6.07) is 9.24. The Hall–Kier alpha value is -0.960. The lowest BCUT2D eigenvalue weighted by atomic mass is 9.86. The standard InChI is InChI=1S/C16H22N2S/c1-2-12-6-5-8-14(10-12)17-16-18-15-9-4-3-7-13(15)11-19-16/h5-6,8,10,13,15H,2-4,7,9,11H2,1H3,(H,17,18). The first-order chi connectivity index (χ1) is 9.35. The molecule has 1 heterocycles. The minimum Gasteiger partial charge on any atom is -0.335 e. The molecule has 1 aliphatic carbocycles. The molecule has 1 N–H and O–H groups in total. The van der Waals surface area contributed by atoms with Gasteiger partial charge in [-0.25, -0.2) is 0 Å². The van der Waals surface area contributed by atoms with Gasteiger partial charge >= 0.3 is 0 Å². The number of benzene rings is 1. The fourth-order valence-electron chi connectivity index (χ4n) is 2.99. The zero-order valence-electron chi connectivity index (χ0n) is 11.6. The first-order valence-corrected chi connectivity index (χ1v) is 8.40. The third kappa shape index (κ3) is 3.14. The highest BCUT2D eigenvalue weighted by atomic mass is 32.2. The van der Waals surface area contributed by atoms with Crippen molar-refractivity contribution in [3.8, 4) is 0 Å². The molecule has 3 rings (SSSR count). The van der Waals surface area contributed by atoms with Gasteiger partial charge in [-0.1, -0.05) is 43.7 Å². The van der Waals surface area contributed by atoms with Crippen LogP contribution in [0.1, 0.15) is 38.2 Å². The first kappa shape index (κ1) is 13.0. The zero-order chi connectivity index (χ0) is 13.1. The topological polar surface area (TPSA) is 24.4 Å². The number of amidine groups is 1. The second kappa shape index (κ2) is 6.00. The largest absolute Gasteiger partial charge is 0.335 e. The van der Waals surface area contributed by atoms with Gasteiger partial charge in [0.2, 0.25) is 0 Å². The van der Waals surface area contributed by atoms with Gasteiger partial charge in [0, 0.05) is 11.4 Å². The molecule has 0 radical (unpaired) electrons. The minimum absolute atomic E-state index is 0.576. The Morgan fingerprint density at radius 1 is 1.32 bits per heavy atom. The fourth-order valence-corrected chi connectivity index (χ4v) is 4.15. The van der Waals surface area contributed by atoms with Crippen LogP contribution in [0, 0.1) is 5.92 Å². The number of rotatable bonds is 2. The van der Waals surface area contributed by atoms with Crippen LogP contribution in [0.4, 0.5) is 5.69 Å². The van der Waals surface area contributed by atoms with Gasteiger partial charge < -0.3 is 5.32 Å². The second-order valence-electron chi connectivity index (χ2n) is 5.54. The van der Waals surface area contributed by atoms with Gasteiger partial charge in [0.15, 0.2) is 5.17 Å². The number of thioether (sulfide) groups is 1. The molecule has 1 aromatic carbocycles. The summed E-state index contributed by atoms with van der Waals surface area (Å²) < 4.78 is 0. The zero-order valence-corrected chi connectivity index (χ0v) is 12.4. The molecule has 102 valence electrons. The summed E-state index contributed by atoms with van der Waals surface area (Å²) in [4.78, 5) is 4.92. The summed E-state index contributed by atoms with van der Waals surface area (Å²) in [5.41, 5.74) is 2.56. The molecule has 2 atom stereocenters. The number of hydrogen-bond acceptors (Lipinski definition) is 3. The molecular weight excluding hydrogens is 252 g/mol. The third-order valence-electron chi connectivity index (χ3n) is 4.17. The Balaban J connectivity index is 1.70. The number of hydrogen-bond donors (Lipinski definition) is 1. The number of aryl methyl sites for hydroxylation is 1. The summed E-state index contributed by atoms with van der Waals surface area (Å²) in [5.74, 6) is 2.07. The van der Waals surface area contributed by atoms with Crippen LogP contribution in [0.5, 0.6) is 0 Å². The molecule has 1 fully saturated rings. The third-order valence-corrected chi connectivity index (χ3v) is 5.25. The van der Waals surface area contributed by atoms with E-state index in [1.54, 1.807) is 0 Å². The van der Waals surface area contributed by atoms with Gasteiger partial charge in [-0.05, 0) is 42.9 Å². The molecule has 2 nitrogen and oxygen atoms in total. The van der Waals surface area contributed by atoms with E-state index >= 15 is 0 Å². The van der Waals surface area contributed by atoms with Crippen molar-refractivity contribution in [2.45, 2.75) is 45.1 Å². The Morgan fingerprint density at radius 2 is 2.21 bits per heavy atom. The minimum atomic E-state index is 0.576. The SMILES string of the molecule is CCc1cccc(NC2=NC3CCCCC3CS2)c1. The molecule has 1 aliphatic heterocycles. The van der Waals surface area contributed by atoms with Gasteiger partial charge in [-0.15, -0.1) is 0 Å². The predicted molar refractivity (Wildman–Crippen MR) is 85.1 cm³/mol. The van der Waals surface area contributed by atoms with Gasteiger partial charge in [-0.2, -0.15) is 0 Å². The van der Waals surface area contributed by atoms with E-state index in [1.165, 1.54) is 42.7 Å². The Labute approximate surface area is 120 Å². The van der Waals surface area contributed by atoms with E-state index in [0.29, 0.717) is 6.04 Å². The van der Waals surface area contributed by atoms with Crippen molar-refractivity contribution in [1.82, 2.24) is 0 Å². The van der Waals surface area contributed by atoms with Crippen LogP contribution in [-0.2, 0) is 6.42 Å².